The quantitative estimate of drug-likeness (QED) is 0.843. The van der Waals surface area contributed by atoms with Gasteiger partial charge < -0.3 is 10.2 Å². The summed E-state index contributed by atoms with van der Waals surface area (Å²) >= 11 is 0. The summed E-state index contributed by atoms with van der Waals surface area (Å²) in [5, 5.41) is 11.1. The van der Waals surface area contributed by atoms with Crippen LogP contribution in [-0.2, 0) is 22.6 Å². The van der Waals surface area contributed by atoms with Crippen LogP contribution in [0.25, 0.3) is 0 Å². The largest absolute Gasteiger partial charge is 0.341 e. The second kappa shape index (κ2) is 4.88. The van der Waals surface area contributed by atoms with Crippen LogP contribution < -0.4 is 5.32 Å². The lowest BCUT2D eigenvalue weighted by molar-refractivity contribution is -0.130. The van der Waals surface area contributed by atoms with E-state index in [2.05, 4.69) is 5.32 Å². The molecular formula is C13H13N3O2. The molecule has 1 aromatic rings. The zero-order valence-corrected chi connectivity index (χ0v) is 10.1. The first kappa shape index (κ1) is 12.1. The van der Waals surface area contributed by atoms with E-state index >= 15 is 0 Å². The Morgan fingerprint density at radius 1 is 1.50 bits per heavy atom. The molecule has 0 aromatic heterocycles. The Morgan fingerprint density at radius 3 is 3.00 bits per heavy atom. The second-order valence-electron chi connectivity index (χ2n) is 4.29. The topological polar surface area (TPSA) is 73.2 Å². The Morgan fingerprint density at radius 2 is 2.28 bits per heavy atom. The molecule has 1 aromatic carbocycles. The molecule has 1 aliphatic rings. The highest BCUT2D eigenvalue weighted by molar-refractivity contribution is 5.92. The van der Waals surface area contributed by atoms with Gasteiger partial charge in [-0.15, -0.1) is 0 Å². The molecule has 5 nitrogen and oxygen atoms in total. The summed E-state index contributed by atoms with van der Waals surface area (Å²) in [4.78, 5) is 24.5. The van der Waals surface area contributed by atoms with E-state index in [1.807, 2.05) is 12.1 Å². The summed E-state index contributed by atoms with van der Waals surface area (Å²) < 4.78 is 0. The van der Waals surface area contributed by atoms with Gasteiger partial charge in [0.15, 0.2) is 0 Å². The number of fused-ring (bicyclic) bond motifs is 1. The van der Waals surface area contributed by atoms with Gasteiger partial charge in [0.2, 0.25) is 11.8 Å². The van der Waals surface area contributed by atoms with Crippen molar-refractivity contribution in [2.45, 2.75) is 19.4 Å². The van der Waals surface area contributed by atoms with Crippen molar-refractivity contribution in [1.29, 1.82) is 5.26 Å². The van der Waals surface area contributed by atoms with E-state index in [9.17, 15) is 9.59 Å². The SMILES string of the molecule is CN1Cc2cc(NC(=O)CC#N)ccc2CC1=O. The van der Waals surface area contributed by atoms with Crippen LogP contribution in [0.15, 0.2) is 18.2 Å². The van der Waals surface area contributed by atoms with Gasteiger partial charge in [-0.2, -0.15) is 5.26 Å². The number of nitrogens with one attached hydrogen (secondary N) is 1. The predicted octanol–water partition coefficient (Wildman–Crippen LogP) is 1.05. The molecule has 0 aliphatic carbocycles. The summed E-state index contributed by atoms with van der Waals surface area (Å²) in [6.07, 6.45) is 0.244. The van der Waals surface area contributed by atoms with Gasteiger partial charge in [-0.3, -0.25) is 9.59 Å². The molecule has 18 heavy (non-hydrogen) atoms. The minimum absolute atomic E-state index is 0.101. The average molecular weight is 243 g/mol. The van der Waals surface area contributed by atoms with Crippen molar-refractivity contribution in [2.24, 2.45) is 0 Å². The van der Waals surface area contributed by atoms with E-state index < -0.39 is 0 Å². The number of anilines is 1. The maximum absolute atomic E-state index is 11.5. The van der Waals surface area contributed by atoms with E-state index in [0.29, 0.717) is 18.7 Å². The third-order valence-corrected chi connectivity index (χ3v) is 2.90. The van der Waals surface area contributed by atoms with Gasteiger partial charge in [-0.1, -0.05) is 6.07 Å². The number of hydrogen-bond acceptors (Lipinski definition) is 3. The average Bonchev–Trinajstić information content (AvgIpc) is 2.31. The molecule has 0 fully saturated rings. The summed E-state index contributed by atoms with van der Waals surface area (Å²) in [6.45, 7) is 0.552. The molecule has 0 atom stereocenters. The maximum Gasteiger partial charge on any atom is 0.238 e. The second-order valence-corrected chi connectivity index (χ2v) is 4.29. The van der Waals surface area contributed by atoms with Crippen LogP contribution in [0.4, 0.5) is 5.69 Å². The van der Waals surface area contributed by atoms with E-state index in [4.69, 9.17) is 5.26 Å². The lowest BCUT2D eigenvalue weighted by Gasteiger charge is -2.25. The molecule has 0 spiro atoms. The Balaban J connectivity index is 2.18. The molecule has 2 rings (SSSR count). The molecule has 2 amide bonds. The smallest absolute Gasteiger partial charge is 0.238 e. The molecule has 92 valence electrons. The van der Waals surface area contributed by atoms with Crippen molar-refractivity contribution in [3.63, 3.8) is 0 Å². The van der Waals surface area contributed by atoms with E-state index in [-0.39, 0.29) is 18.2 Å². The fourth-order valence-electron chi connectivity index (χ4n) is 1.94. The van der Waals surface area contributed by atoms with Crippen molar-refractivity contribution >= 4 is 17.5 Å². The van der Waals surface area contributed by atoms with Gasteiger partial charge in [0.1, 0.15) is 6.42 Å². The maximum atomic E-state index is 11.5. The molecule has 1 N–H and O–H groups in total. The van der Waals surface area contributed by atoms with Gasteiger partial charge in [-0.25, -0.2) is 0 Å². The Bertz CT molecular complexity index is 546. The van der Waals surface area contributed by atoms with Crippen LogP contribution in [-0.4, -0.2) is 23.8 Å². The van der Waals surface area contributed by atoms with Crippen molar-refractivity contribution < 1.29 is 9.59 Å². The van der Waals surface area contributed by atoms with E-state index in [1.54, 1.807) is 24.1 Å². The third kappa shape index (κ3) is 2.48. The first-order valence-corrected chi connectivity index (χ1v) is 5.62. The minimum Gasteiger partial charge on any atom is -0.341 e. The number of carbonyl (C=O) groups excluding carboxylic acids is 2. The van der Waals surface area contributed by atoms with Crippen molar-refractivity contribution in [1.82, 2.24) is 4.90 Å². The Kier molecular flexibility index (Phi) is 3.28. The third-order valence-electron chi connectivity index (χ3n) is 2.90. The fraction of sp³-hybridized carbons (Fsp3) is 0.308. The van der Waals surface area contributed by atoms with E-state index in [1.165, 1.54) is 0 Å². The van der Waals surface area contributed by atoms with Gasteiger partial charge in [0.05, 0.1) is 12.5 Å². The predicted molar refractivity (Wildman–Crippen MR) is 65.5 cm³/mol. The number of benzene rings is 1. The highest BCUT2D eigenvalue weighted by Gasteiger charge is 2.20. The van der Waals surface area contributed by atoms with Crippen LogP contribution in [0.5, 0.6) is 0 Å². The van der Waals surface area contributed by atoms with Crippen LogP contribution in [0.2, 0.25) is 0 Å². The van der Waals surface area contributed by atoms with Crippen LogP contribution >= 0.6 is 0 Å². The minimum atomic E-state index is -0.322. The van der Waals surface area contributed by atoms with Crippen molar-refractivity contribution in [3.8, 4) is 6.07 Å². The molecule has 1 aliphatic heterocycles. The van der Waals surface area contributed by atoms with Gasteiger partial charge in [0.25, 0.3) is 0 Å². The molecule has 1 heterocycles. The van der Waals surface area contributed by atoms with Crippen molar-refractivity contribution in [3.05, 3.63) is 29.3 Å². The first-order valence-electron chi connectivity index (χ1n) is 5.62. The number of carbonyl (C=O) groups is 2. The number of hydrogen-bond donors (Lipinski definition) is 1. The van der Waals surface area contributed by atoms with Crippen LogP contribution in [0.3, 0.4) is 0 Å². The van der Waals surface area contributed by atoms with Crippen LogP contribution in [0.1, 0.15) is 17.5 Å². The highest BCUT2D eigenvalue weighted by atomic mass is 16.2. The number of likely N-dealkylation sites (N-methyl/N-ethyl adjacent to an activating group) is 1. The number of amides is 2. The molecule has 0 saturated carbocycles. The fourth-order valence-corrected chi connectivity index (χ4v) is 1.94. The zero-order chi connectivity index (χ0) is 13.1. The molecule has 0 saturated heterocycles. The molecule has 0 radical (unpaired) electrons. The molecular weight excluding hydrogens is 230 g/mol. The molecule has 0 bridgehead atoms. The first-order chi connectivity index (χ1) is 8.60. The van der Waals surface area contributed by atoms with E-state index in [0.717, 1.165) is 11.1 Å². The summed E-state index contributed by atoms with van der Waals surface area (Å²) in [5.74, 6) is -0.221. The highest BCUT2D eigenvalue weighted by Crippen LogP contribution is 2.22. The van der Waals surface area contributed by atoms with Gasteiger partial charge >= 0.3 is 0 Å². The molecule has 5 heteroatoms. The normalized spacial score (nSPS) is 13.8. The lowest BCUT2D eigenvalue weighted by Crippen LogP contribution is -2.32. The summed E-state index contributed by atoms with van der Waals surface area (Å²) in [7, 11) is 1.76. The number of rotatable bonds is 2. The monoisotopic (exact) mass is 243 g/mol. The number of nitriles is 1. The van der Waals surface area contributed by atoms with Crippen molar-refractivity contribution in [2.75, 3.05) is 12.4 Å². The standard InChI is InChI=1S/C13H13N3O2/c1-16-8-10-6-11(15-12(17)4-5-14)3-2-9(10)7-13(16)18/h2-3,6H,4,7-8H2,1H3,(H,15,17). The Labute approximate surface area is 105 Å². The van der Waals surface area contributed by atoms with Gasteiger partial charge in [-0.05, 0) is 23.3 Å². The summed E-state index contributed by atoms with van der Waals surface area (Å²) in [5.41, 5.74) is 2.69. The summed E-state index contributed by atoms with van der Waals surface area (Å²) in [6, 6.07) is 7.26. The zero-order valence-electron chi connectivity index (χ0n) is 10.1. The Hall–Kier alpha value is -2.35. The van der Waals surface area contributed by atoms with Gasteiger partial charge in [0, 0.05) is 19.3 Å². The lowest BCUT2D eigenvalue weighted by atomic mass is 9.99. The van der Waals surface area contributed by atoms with Crippen LogP contribution in [0, 0.1) is 11.3 Å². The number of nitrogens with zero attached hydrogens (tertiary/aromatic N) is 2. The molecule has 0 unspecified atom stereocenters.